The van der Waals surface area contributed by atoms with Crippen molar-refractivity contribution in [3.05, 3.63) is 105 Å². The van der Waals surface area contributed by atoms with Gasteiger partial charge in [-0.1, -0.05) is 59.6 Å². The van der Waals surface area contributed by atoms with Crippen LogP contribution in [0.2, 0.25) is 10.0 Å². The maximum absolute atomic E-state index is 11.7. The summed E-state index contributed by atoms with van der Waals surface area (Å²) in [5.74, 6) is 1.90. The molecule has 3 aromatic carbocycles. The average Bonchev–Trinajstić information content (AvgIpc) is 3.43. The number of carbonyl (C=O) groups is 1. The Bertz CT molecular complexity index is 1260. The topological polar surface area (TPSA) is 53.6 Å². The fraction of sp³-hybridized carbons (Fsp3) is 0.441. The molecule has 3 aromatic rings. The van der Waals surface area contributed by atoms with Gasteiger partial charge >= 0.3 is 5.97 Å². The highest BCUT2D eigenvalue weighted by Gasteiger charge is 2.45. The van der Waals surface area contributed by atoms with Gasteiger partial charge in [0.25, 0.3) is 0 Å². The lowest BCUT2D eigenvalue weighted by Gasteiger charge is -2.41. The number of methoxy groups -OCH3 is 1. The maximum Gasteiger partial charge on any atom is 0.337 e. The van der Waals surface area contributed by atoms with Gasteiger partial charge in [0.05, 0.1) is 12.7 Å². The van der Waals surface area contributed by atoms with E-state index in [0.717, 1.165) is 29.7 Å². The highest BCUT2D eigenvalue weighted by atomic mass is 35.5. The number of benzene rings is 3. The van der Waals surface area contributed by atoms with Crippen molar-refractivity contribution in [2.24, 2.45) is 17.8 Å². The number of nitrogens with one attached hydrogen (secondary N) is 2. The second-order valence-corrected chi connectivity index (χ2v) is 12.9. The molecule has 2 saturated heterocycles. The van der Waals surface area contributed by atoms with Crippen molar-refractivity contribution in [2.45, 2.75) is 56.7 Å². The van der Waals surface area contributed by atoms with Crippen LogP contribution in [0.5, 0.6) is 0 Å². The van der Waals surface area contributed by atoms with E-state index in [1.54, 1.807) is 0 Å². The molecule has 3 aliphatic rings. The first-order chi connectivity index (χ1) is 20.0. The fourth-order valence-corrected chi connectivity index (χ4v) is 7.82. The van der Waals surface area contributed by atoms with Crippen molar-refractivity contribution in [3.8, 4) is 0 Å². The van der Waals surface area contributed by atoms with Gasteiger partial charge in [-0.05, 0) is 116 Å². The molecule has 1 saturated carbocycles. The predicted molar refractivity (Wildman–Crippen MR) is 165 cm³/mol. The van der Waals surface area contributed by atoms with Crippen LogP contribution in [0.3, 0.4) is 0 Å². The van der Waals surface area contributed by atoms with Gasteiger partial charge < -0.3 is 4.74 Å². The highest BCUT2D eigenvalue weighted by Crippen LogP contribution is 2.46. The van der Waals surface area contributed by atoms with Crippen LogP contribution in [0, 0.1) is 17.8 Å². The third-order valence-electron chi connectivity index (χ3n) is 9.69. The standard InChI is InChI=1S/C34H39Cl2N3O2/c1-41-34(40)26-4-2-22(3-5-26)21-39-18-16-25(17-19-39)33-30-20-27(10-15-31(30)37-38-33)32(23-6-11-28(35)12-7-23)24-8-13-29(36)14-9-24/h2-9,11-14,25,27,30-33,37-38H,10,15-21H2,1H3. The van der Waals surface area contributed by atoms with Gasteiger partial charge in [-0.3, -0.25) is 15.8 Å². The SMILES string of the molecule is COC(=O)c1ccc(CN2CCC(C3NNC4CCC(C(c5ccc(Cl)cc5)c5ccc(Cl)cc5)CC43)CC2)cc1. The highest BCUT2D eigenvalue weighted by molar-refractivity contribution is 6.30. The summed E-state index contributed by atoms with van der Waals surface area (Å²) in [5.41, 5.74) is 12.0. The quantitative estimate of drug-likeness (QED) is 0.287. The van der Waals surface area contributed by atoms with Gasteiger partial charge in [0.1, 0.15) is 0 Å². The van der Waals surface area contributed by atoms with Crippen molar-refractivity contribution in [1.29, 1.82) is 0 Å². The Balaban J connectivity index is 1.11. The molecule has 5 nitrogen and oxygen atoms in total. The first-order valence-corrected chi connectivity index (χ1v) is 15.7. The number of carbonyl (C=O) groups excluding carboxylic acids is 1. The number of fused-ring (bicyclic) bond motifs is 1. The lowest BCUT2D eigenvalue weighted by Crippen LogP contribution is -2.45. The molecular formula is C34H39Cl2N3O2. The van der Waals surface area contributed by atoms with Crippen LogP contribution in [0.4, 0.5) is 0 Å². The molecule has 6 rings (SSSR count). The minimum absolute atomic E-state index is 0.286. The van der Waals surface area contributed by atoms with Crippen LogP contribution < -0.4 is 10.9 Å². The van der Waals surface area contributed by atoms with E-state index in [1.807, 2.05) is 48.5 Å². The van der Waals surface area contributed by atoms with Crippen molar-refractivity contribution in [1.82, 2.24) is 15.8 Å². The predicted octanol–water partition coefficient (Wildman–Crippen LogP) is 7.09. The molecule has 1 aliphatic carbocycles. The number of nitrogens with zero attached hydrogens (tertiary/aromatic N) is 1. The Hall–Kier alpha value is -2.41. The molecule has 3 fully saturated rings. The molecule has 0 spiro atoms. The second-order valence-electron chi connectivity index (χ2n) is 12.0. The number of piperidine rings is 1. The molecule has 2 aliphatic heterocycles. The van der Waals surface area contributed by atoms with Crippen LogP contribution in [-0.2, 0) is 11.3 Å². The van der Waals surface area contributed by atoms with Gasteiger partial charge in [-0.2, -0.15) is 0 Å². The van der Waals surface area contributed by atoms with Crippen molar-refractivity contribution in [3.63, 3.8) is 0 Å². The molecule has 0 radical (unpaired) electrons. The van der Waals surface area contributed by atoms with Gasteiger partial charge in [-0.25, -0.2) is 4.79 Å². The summed E-state index contributed by atoms with van der Waals surface area (Å²) in [7, 11) is 1.42. The summed E-state index contributed by atoms with van der Waals surface area (Å²) in [4.78, 5) is 14.3. The number of hydrogen-bond donors (Lipinski definition) is 2. The van der Waals surface area contributed by atoms with Crippen LogP contribution >= 0.6 is 23.2 Å². The molecule has 216 valence electrons. The average molecular weight is 593 g/mol. The first kappa shape index (κ1) is 28.7. The van der Waals surface area contributed by atoms with Crippen LogP contribution in [0.25, 0.3) is 0 Å². The van der Waals surface area contributed by atoms with Gasteiger partial charge in [0, 0.05) is 34.6 Å². The van der Waals surface area contributed by atoms with Crippen molar-refractivity contribution in [2.75, 3.05) is 20.2 Å². The van der Waals surface area contributed by atoms with E-state index in [4.69, 9.17) is 27.9 Å². The van der Waals surface area contributed by atoms with Crippen LogP contribution in [-0.4, -0.2) is 43.2 Å². The number of esters is 1. The number of halogens is 2. The summed E-state index contributed by atoms with van der Waals surface area (Å²) in [6, 6.07) is 25.8. The van der Waals surface area contributed by atoms with E-state index >= 15 is 0 Å². The fourth-order valence-electron chi connectivity index (χ4n) is 7.57. The summed E-state index contributed by atoms with van der Waals surface area (Å²) in [6.07, 6.45) is 6.00. The lowest BCUT2D eigenvalue weighted by atomic mass is 9.66. The molecule has 4 unspecified atom stereocenters. The molecule has 2 heterocycles. The molecule has 4 atom stereocenters. The number of hydrazine groups is 1. The Morgan fingerprint density at radius 1 is 0.854 bits per heavy atom. The van der Waals surface area contributed by atoms with Gasteiger partial charge in [0.2, 0.25) is 0 Å². The van der Waals surface area contributed by atoms with E-state index in [-0.39, 0.29) is 5.97 Å². The molecule has 0 aromatic heterocycles. The summed E-state index contributed by atoms with van der Waals surface area (Å²) in [5, 5.41) is 1.56. The van der Waals surface area contributed by atoms with Crippen LogP contribution in [0.1, 0.15) is 65.1 Å². The number of rotatable bonds is 7. The Labute approximate surface area is 253 Å². The molecular weight excluding hydrogens is 553 g/mol. The molecule has 41 heavy (non-hydrogen) atoms. The Morgan fingerprint density at radius 3 is 2.05 bits per heavy atom. The van der Waals surface area contributed by atoms with E-state index < -0.39 is 0 Å². The smallest absolute Gasteiger partial charge is 0.337 e. The zero-order valence-electron chi connectivity index (χ0n) is 23.6. The molecule has 0 amide bonds. The van der Waals surface area contributed by atoms with Crippen LogP contribution in [0.15, 0.2) is 72.8 Å². The minimum atomic E-state index is -0.286. The van der Waals surface area contributed by atoms with Gasteiger partial charge in [0.15, 0.2) is 0 Å². The van der Waals surface area contributed by atoms with Crippen molar-refractivity contribution >= 4 is 29.2 Å². The normalized spacial score (nSPS) is 25.3. The van der Waals surface area contributed by atoms with E-state index in [2.05, 4.69) is 40.0 Å². The largest absolute Gasteiger partial charge is 0.465 e. The Morgan fingerprint density at radius 2 is 1.46 bits per heavy atom. The third kappa shape index (κ3) is 6.50. The summed E-state index contributed by atoms with van der Waals surface area (Å²) >= 11 is 12.5. The second kappa shape index (κ2) is 12.8. The van der Waals surface area contributed by atoms with E-state index in [9.17, 15) is 4.79 Å². The third-order valence-corrected chi connectivity index (χ3v) is 10.2. The molecule has 7 heteroatoms. The number of ether oxygens (including phenoxy) is 1. The monoisotopic (exact) mass is 591 g/mol. The molecule has 2 N–H and O–H groups in total. The Kier molecular flexibility index (Phi) is 8.99. The summed E-state index contributed by atoms with van der Waals surface area (Å²) in [6.45, 7) is 3.11. The zero-order valence-corrected chi connectivity index (χ0v) is 25.1. The minimum Gasteiger partial charge on any atom is -0.465 e. The maximum atomic E-state index is 11.7. The van der Waals surface area contributed by atoms with E-state index in [1.165, 1.54) is 55.9 Å². The number of hydrogen-bond acceptors (Lipinski definition) is 5. The lowest BCUT2D eigenvalue weighted by molar-refractivity contribution is 0.0600. The zero-order chi connectivity index (χ0) is 28.3. The van der Waals surface area contributed by atoms with Gasteiger partial charge in [-0.15, -0.1) is 0 Å². The summed E-state index contributed by atoms with van der Waals surface area (Å²) < 4.78 is 4.83. The molecule has 0 bridgehead atoms. The van der Waals surface area contributed by atoms with Crippen molar-refractivity contribution < 1.29 is 9.53 Å². The number of likely N-dealkylation sites (tertiary alicyclic amines) is 1. The van der Waals surface area contributed by atoms with E-state index in [0.29, 0.717) is 41.3 Å². The first-order valence-electron chi connectivity index (χ1n) is 14.9.